The van der Waals surface area contributed by atoms with Crippen LogP contribution in [0.4, 0.5) is 0 Å². The Kier molecular flexibility index (Phi) is 2.59. The topological polar surface area (TPSA) is 31.6 Å². The van der Waals surface area contributed by atoms with Crippen LogP contribution in [0.25, 0.3) is 12.2 Å². The molecule has 3 aromatic rings. The molecule has 0 radical (unpaired) electrons. The summed E-state index contributed by atoms with van der Waals surface area (Å²) in [6.45, 7) is 0. The van der Waals surface area contributed by atoms with Gasteiger partial charge in [0.05, 0.1) is 0 Å². The van der Waals surface area contributed by atoms with Crippen molar-refractivity contribution in [2.45, 2.75) is 12.3 Å². The third-order valence-electron chi connectivity index (χ3n) is 4.09. The summed E-state index contributed by atoms with van der Waals surface area (Å²) >= 11 is 0. The Morgan fingerprint density at radius 3 is 2.70 bits per heavy atom. The van der Waals surface area contributed by atoms with E-state index in [1.807, 2.05) is 12.4 Å². The maximum atomic E-state index is 3.38. The lowest BCUT2D eigenvalue weighted by atomic mass is 9.85. The van der Waals surface area contributed by atoms with Crippen molar-refractivity contribution in [1.29, 1.82) is 0 Å². The van der Waals surface area contributed by atoms with Crippen LogP contribution in [0.1, 0.15) is 34.0 Å². The number of hydrogen-bond acceptors (Lipinski definition) is 0. The van der Waals surface area contributed by atoms with Gasteiger partial charge in [-0.15, -0.1) is 0 Å². The zero-order valence-electron chi connectivity index (χ0n) is 11.1. The first-order chi connectivity index (χ1) is 9.92. The Bertz CT molecular complexity index is 747. The molecule has 1 aromatic carbocycles. The maximum Gasteiger partial charge on any atom is 0.0420 e. The first-order valence-electron chi connectivity index (χ1n) is 6.98. The fourth-order valence-electron chi connectivity index (χ4n) is 3.07. The molecule has 1 atom stereocenters. The molecular formula is C18H16N2. The fraction of sp³-hybridized carbons (Fsp3) is 0.111. The van der Waals surface area contributed by atoms with Gasteiger partial charge >= 0.3 is 0 Å². The highest BCUT2D eigenvalue weighted by atomic mass is 14.7. The van der Waals surface area contributed by atoms with E-state index in [0.717, 1.165) is 6.42 Å². The van der Waals surface area contributed by atoms with Gasteiger partial charge in [0.1, 0.15) is 0 Å². The normalized spacial score (nSPS) is 18.7. The van der Waals surface area contributed by atoms with Crippen LogP contribution in [0.5, 0.6) is 0 Å². The van der Waals surface area contributed by atoms with Crippen LogP contribution in [0.3, 0.4) is 0 Å². The average Bonchev–Trinajstić information content (AvgIpc) is 3.12. The van der Waals surface area contributed by atoms with Gasteiger partial charge in [-0.25, -0.2) is 0 Å². The number of aromatic amines is 2. The summed E-state index contributed by atoms with van der Waals surface area (Å²) in [6, 6.07) is 15.1. The molecule has 98 valence electrons. The highest BCUT2D eigenvalue weighted by molar-refractivity contribution is 5.73. The molecule has 2 nitrogen and oxygen atoms in total. The zero-order valence-corrected chi connectivity index (χ0v) is 11.1. The molecule has 2 N–H and O–H groups in total. The van der Waals surface area contributed by atoms with E-state index in [4.69, 9.17) is 0 Å². The highest BCUT2D eigenvalue weighted by Crippen LogP contribution is 2.33. The van der Waals surface area contributed by atoms with Crippen molar-refractivity contribution in [3.05, 3.63) is 82.9 Å². The fourth-order valence-corrected chi connectivity index (χ4v) is 3.07. The third-order valence-corrected chi connectivity index (χ3v) is 4.09. The van der Waals surface area contributed by atoms with Gasteiger partial charge in [-0.2, -0.15) is 0 Å². The predicted octanol–water partition coefficient (Wildman–Crippen LogP) is 4.20. The van der Waals surface area contributed by atoms with Gasteiger partial charge in [0.25, 0.3) is 0 Å². The Balaban J connectivity index is 1.90. The second-order valence-electron chi connectivity index (χ2n) is 5.26. The molecule has 20 heavy (non-hydrogen) atoms. The van der Waals surface area contributed by atoms with Gasteiger partial charge in [0.2, 0.25) is 0 Å². The summed E-state index contributed by atoms with van der Waals surface area (Å²) in [5.41, 5.74) is 6.55. The number of fused-ring (bicyclic) bond motifs is 2. The summed E-state index contributed by atoms with van der Waals surface area (Å²) in [7, 11) is 0. The van der Waals surface area contributed by atoms with Crippen LogP contribution < -0.4 is 0 Å². The Morgan fingerprint density at radius 2 is 1.80 bits per heavy atom. The number of hydrogen-bond donors (Lipinski definition) is 2. The molecule has 1 aliphatic carbocycles. The van der Waals surface area contributed by atoms with Gasteiger partial charge in [-0.1, -0.05) is 30.3 Å². The molecule has 2 heteroatoms. The molecule has 2 heterocycles. The molecule has 0 aliphatic heterocycles. The maximum absolute atomic E-state index is 3.38. The van der Waals surface area contributed by atoms with E-state index in [1.165, 1.54) is 28.1 Å². The van der Waals surface area contributed by atoms with Crippen molar-refractivity contribution in [3.8, 4) is 0 Å². The van der Waals surface area contributed by atoms with E-state index in [2.05, 4.69) is 64.6 Å². The van der Waals surface area contributed by atoms with Crippen molar-refractivity contribution < 1.29 is 0 Å². The number of benzene rings is 1. The summed E-state index contributed by atoms with van der Waals surface area (Å²) in [5, 5.41) is 0. The molecule has 0 amide bonds. The van der Waals surface area contributed by atoms with Crippen molar-refractivity contribution in [2.24, 2.45) is 0 Å². The second kappa shape index (κ2) is 4.57. The smallest absolute Gasteiger partial charge is 0.0420 e. The van der Waals surface area contributed by atoms with E-state index in [0.29, 0.717) is 5.92 Å². The van der Waals surface area contributed by atoms with Crippen LogP contribution in [0.2, 0.25) is 0 Å². The minimum absolute atomic E-state index is 0.373. The minimum Gasteiger partial charge on any atom is -0.364 e. The van der Waals surface area contributed by atoms with Crippen LogP contribution in [0.15, 0.2) is 54.9 Å². The quantitative estimate of drug-likeness (QED) is 0.657. The largest absolute Gasteiger partial charge is 0.364 e. The lowest BCUT2D eigenvalue weighted by Crippen LogP contribution is -2.08. The summed E-state index contributed by atoms with van der Waals surface area (Å²) in [6.07, 6.45) is 9.44. The predicted molar refractivity (Wildman–Crippen MR) is 82.5 cm³/mol. The lowest BCUT2D eigenvalue weighted by molar-refractivity contribution is 0.778. The second-order valence-corrected chi connectivity index (χ2v) is 5.26. The Labute approximate surface area is 118 Å². The van der Waals surface area contributed by atoms with Gasteiger partial charge in [0.15, 0.2) is 0 Å². The van der Waals surface area contributed by atoms with Crippen molar-refractivity contribution >= 4 is 12.2 Å². The van der Waals surface area contributed by atoms with E-state index < -0.39 is 0 Å². The molecule has 0 saturated carbocycles. The molecule has 4 rings (SSSR count). The van der Waals surface area contributed by atoms with E-state index in [1.54, 1.807) is 0 Å². The molecular weight excluding hydrogens is 244 g/mol. The van der Waals surface area contributed by atoms with Gasteiger partial charge in [-0.05, 0) is 47.4 Å². The van der Waals surface area contributed by atoms with Crippen molar-refractivity contribution in [2.75, 3.05) is 0 Å². The summed E-state index contributed by atoms with van der Waals surface area (Å²) < 4.78 is 0. The monoisotopic (exact) mass is 260 g/mol. The lowest BCUT2D eigenvalue weighted by Gasteiger charge is -2.19. The van der Waals surface area contributed by atoms with E-state index in [9.17, 15) is 0 Å². The molecule has 1 unspecified atom stereocenters. The first kappa shape index (κ1) is 11.4. The van der Waals surface area contributed by atoms with E-state index >= 15 is 0 Å². The minimum atomic E-state index is 0.373. The van der Waals surface area contributed by atoms with Crippen LogP contribution >= 0.6 is 0 Å². The Morgan fingerprint density at radius 1 is 0.850 bits per heavy atom. The molecule has 0 saturated heterocycles. The van der Waals surface area contributed by atoms with Gasteiger partial charge in [0, 0.05) is 29.7 Å². The molecule has 2 aromatic heterocycles. The van der Waals surface area contributed by atoms with Crippen LogP contribution in [-0.2, 0) is 6.42 Å². The van der Waals surface area contributed by atoms with Gasteiger partial charge < -0.3 is 9.97 Å². The summed E-state index contributed by atoms with van der Waals surface area (Å²) in [5.74, 6) is 0.373. The zero-order chi connectivity index (χ0) is 13.4. The summed E-state index contributed by atoms with van der Waals surface area (Å²) in [4.78, 5) is 6.73. The number of H-pyrrole nitrogens is 2. The average molecular weight is 260 g/mol. The van der Waals surface area contributed by atoms with Gasteiger partial charge in [-0.3, -0.25) is 0 Å². The Hall–Kier alpha value is -2.48. The van der Waals surface area contributed by atoms with Crippen LogP contribution in [-0.4, -0.2) is 9.97 Å². The molecule has 1 aliphatic rings. The van der Waals surface area contributed by atoms with E-state index in [-0.39, 0.29) is 0 Å². The highest BCUT2D eigenvalue weighted by Gasteiger charge is 2.21. The first-order valence-corrected chi connectivity index (χ1v) is 6.98. The third kappa shape index (κ3) is 1.81. The molecule has 0 spiro atoms. The number of nitrogens with one attached hydrogen (secondary N) is 2. The van der Waals surface area contributed by atoms with Crippen molar-refractivity contribution in [3.63, 3.8) is 0 Å². The van der Waals surface area contributed by atoms with Crippen LogP contribution in [0, 0.1) is 0 Å². The number of aromatic nitrogens is 2. The standard InChI is InChI=1S/C18H16N2/c1-2-5-14-12-16(17-6-3-10-19-17)15-9-11-20-18(15)8-7-13(14)4-1/h1-11,16,19-20H,12H2/b8-7-. The SMILES string of the molecule is C1=C\c2[nH]ccc2C(c2ccc[nH]2)Cc2ccccc2/1. The molecule has 0 fully saturated rings. The van der Waals surface area contributed by atoms with Crippen molar-refractivity contribution in [1.82, 2.24) is 9.97 Å². The number of rotatable bonds is 1. The molecule has 0 bridgehead atoms.